The second kappa shape index (κ2) is 11.7. The lowest BCUT2D eigenvalue weighted by atomic mass is 9.95. The van der Waals surface area contributed by atoms with Crippen molar-refractivity contribution in [3.63, 3.8) is 0 Å². The maximum atomic E-state index is 13.8. The van der Waals surface area contributed by atoms with Gasteiger partial charge in [0.25, 0.3) is 0 Å². The molecule has 0 unspecified atom stereocenters. The summed E-state index contributed by atoms with van der Waals surface area (Å²) in [7, 11) is -1.77. The Morgan fingerprint density at radius 3 is 2.21 bits per heavy atom. The molecule has 28 heavy (non-hydrogen) atoms. The minimum absolute atomic E-state index is 0.00612. The van der Waals surface area contributed by atoms with Gasteiger partial charge >= 0.3 is 7.60 Å². The van der Waals surface area contributed by atoms with Crippen LogP contribution in [-0.4, -0.2) is 38.1 Å². The molecule has 0 saturated carbocycles. The summed E-state index contributed by atoms with van der Waals surface area (Å²) in [4.78, 5) is 0. The largest absolute Gasteiger partial charge is 0.497 e. The molecule has 8 heteroatoms. The molecule has 0 spiro atoms. The van der Waals surface area contributed by atoms with Gasteiger partial charge in [-0.15, -0.1) is 11.8 Å². The molecule has 0 bridgehead atoms. The Hall–Kier alpha value is -0.430. The number of ether oxygens (including phenoxy) is 2. The van der Waals surface area contributed by atoms with Gasteiger partial charge in [-0.3, -0.25) is 4.57 Å². The molecule has 0 aliphatic carbocycles. The summed E-state index contributed by atoms with van der Waals surface area (Å²) in [6.45, 7) is 9.09. The van der Waals surface area contributed by atoms with Crippen LogP contribution < -0.4 is 4.74 Å². The Labute approximate surface area is 177 Å². The first-order valence-electron chi connectivity index (χ1n) is 9.71. The minimum atomic E-state index is -3.42. The first kappa shape index (κ1) is 23.8. The van der Waals surface area contributed by atoms with Crippen molar-refractivity contribution in [1.82, 2.24) is 0 Å². The van der Waals surface area contributed by atoms with E-state index in [0.717, 1.165) is 33.0 Å². The van der Waals surface area contributed by atoms with Crippen LogP contribution in [0, 0.1) is 0 Å². The highest BCUT2D eigenvalue weighted by molar-refractivity contribution is 8.22. The molecule has 158 valence electrons. The van der Waals surface area contributed by atoms with Crippen LogP contribution in [0.5, 0.6) is 5.75 Å². The van der Waals surface area contributed by atoms with Gasteiger partial charge in [0.05, 0.1) is 29.9 Å². The number of hydrogen-bond acceptors (Lipinski definition) is 7. The maximum Gasteiger partial charge on any atom is 0.359 e. The number of thioether (sulfide) groups is 2. The number of allylic oxidation sites excluding steroid dienone is 1. The molecule has 2 rings (SSSR count). The number of methoxy groups -OCH3 is 1. The van der Waals surface area contributed by atoms with Gasteiger partial charge in [0, 0.05) is 12.5 Å². The van der Waals surface area contributed by atoms with Crippen molar-refractivity contribution in [2.75, 3.05) is 32.7 Å². The van der Waals surface area contributed by atoms with Crippen LogP contribution >= 0.6 is 31.1 Å². The lowest BCUT2D eigenvalue weighted by molar-refractivity contribution is 0.115. The quantitative estimate of drug-likeness (QED) is 0.361. The minimum Gasteiger partial charge on any atom is -0.497 e. The van der Waals surface area contributed by atoms with E-state index in [9.17, 15) is 4.57 Å². The van der Waals surface area contributed by atoms with E-state index in [4.69, 9.17) is 18.5 Å². The SMILES string of the molecule is CCO[C@@H]1C[C@@H](c2ccc(OC)cc2)C(P(=O)(OCC)OCC)=C(SCC)S1. The zero-order valence-electron chi connectivity index (χ0n) is 17.3. The third-order valence-electron chi connectivity index (χ3n) is 4.25. The molecule has 1 heterocycles. The van der Waals surface area contributed by atoms with Crippen LogP contribution in [0.15, 0.2) is 33.8 Å². The fourth-order valence-electron chi connectivity index (χ4n) is 3.15. The molecule has 1 aliphatic heterocycles. The topological polar surface area (TPSA) is 54.0 Å². The number of rotatable bonds is 11. The molecule has 0 fully saturated rings. The maximum absolute atomic E-state index is 13.8. The third kappa shape index (κ3) is 5.80. The predicted molar refractivity (Wildman–Crippen MR) is 119 cm³/mol. The predicted octanol–water partition coefficient (Wildman–Crippen LogP) is 6.47. The van der Waals surface area contributed by atoms with E-state index in [0.29, 0.717) is 19.8 Å². The molecule has 0 amide bonds. The zero-order chi connectivity index (χ0) is 20.6. The Kier molecular flexibility index (Phi) is 9.94. The highest BCUT2D eigenvalue weighted by Crippen LogP contribution is 2.67. The lowest BCUT2D eigenvalue weighted by Gasteiger charge is -2.35. The summed E-state index contributed by atoms with van der Waals surface area (Å²) in [5.74, 6) is 1.57. The fraction of sp³-hybridized carbons (Fsp3) is 0.600. The van der Waals surface area contributed by atoms with Gasteiger partial charge in [0.15, 0.2) is 0 Å². The van der Waals surface area contributed by atoms with E-state index in [1.54, 1.807) is 30.6 Å². The van der Waals surface area contributed by atoms with Gasteiger partial charge in [-0.2, -0.15) is 0 Å². The van der Waals surface area contributed by atoms with Gasteiger partial charge in [0.2, 0.25) is 0 Å². The summed E-state index contributed by atoms with van der Waals surface area (Å²) < 4.78 is 37.6. The van der Waals surface area contributed by atoms with Crippen molar-refractivity contribution in [2.45, 2.75) is 45.5 Å². The van der Waals surface area contributed by atoms with Crippen LogP contribution in [-0.2, 0) is 18.3 Å². The second-order valence-electron chi connectivity index (χ2n) is 6.00. The highest BCUT2D eigenvalue weighted by Gasteiger charge is 2.43. The molecule has 2 atom stereocenters. The van der Waals surface area contributed by atoms with Gasteiger partial charge in [-0.1, -0.05) is 30.8 Å². The third-order valence-corrected chi connectivity index (χ3v) is 9.31. The van der Waals surface area contributed by atoms with Crippen molar-refractivity contribution in [3.8, 4) is 5.75 Å². The van der Waals surface area contributed by atoms with Crippen LogP contribution in [0.4, 0.5) is 0 Å². The van der Waals surface area contributed by atoms with Gasteiger partial charge in [0.1, 0.15) is 11.2 Å². The summed E-state index contributed by atoms with van der Waals surface area (Å²) >= 11 is 3.32. The van der Waals surface area contributed by atoms with Crippen molar-refractivity contribution >= 4 is 31.1 Å². The molecule has 0 radical (unpaired) electrons. The number of benzene rings is 1. The normalized spacial score (nSPS) is 20.5. The van der Waals surface area contributed by atoms with E-state index in [1.165, 1.54) is 0 Å². The fourth-order valence-corrected chi connectivity index (χ4v) is 8.56. The van der Waals surface area contributed by atoms with Crippen LogP contribution in [0.1, 0.15) is 45.6 Å². The molecule has 1 aliphatic rings. The summed E-state index contributed by atoms with van der Waals surface area (Å²) in [6, 6.07) is 7.92. The Morgan fingerprint density at radius 2 is 1.71 bits per heavy atom. The number of hydrogen-bond donors (Lipinski definition) is 0. The smallest absolute Gasteiger partial charge is 0.359 e. The Balaban J connectivity index is 2.59. The van der Waals surface area contributed by atoms with Gasteiger partial charge in [-0.05, 0) is 50.6 Å². The molecule has 0 N–H and O–H groups in total. The van der Waals surface area contributed by atoms with Crippen molar-refractivity contribution < 1.29 is 23.1 Å². The zero-order valence-corrected chi connectivity index (χ0v) is 19.8. The first-order chi connectivity index (χ1) is 13.5. The lowest BCUT2D eigenvalue weighted by Crippen LogP contribution is -2.21. The van der Waals surface area contributed by atoms with Crippen LogP contribution in [0.2, 0.25) is 0 Å². The summed E-state index contributed by atoms with van der Waals surface area (Å²) in [5, 5.41) is 0.772. The molecular formula is C20H31O5PS2. The average molecular weight is 447 g/mol. The first-order valence-corrected chi connectivity index (χ1v) is 13.1. The van der Waals surface area contributed by atoms with Crippen molar-refractivity contribution in [3.05, 3.63) is 39.4 Å². The highest BCUT2D eigenvalue weighted by atomic mass is 32.2. The van der Waals surface area contributed by atoms with Gasteiger partial charge in [-0.25, -0.2) is 0 Å². The van der Waals surface area contributed by atoms with E-state index in [1.807, 2.05) is 45.0 Å². The molecule has 1 aromatic rings. The molecule has 1 aromatic carbocycles. The average Bonchev–Trinajstić information content (AvgIpc) is 2.68. The van der Waals surface area contributed by atoms with E-state index in [-0.39, 0.29) is 11.4 Å². The molecule has 0 saturated heterocycles. The van der Waals surface area contributed by atoms with E-state index < -0.39 is 7.60 Å². The standard InChI is InChI=1S/C20H31O5PS2/c1-6-23-18-14-17(15-10-12-16(22-5)13-11-15)19(20(28-18)27-9-4)26(21,24-7-2)25-8-3/h10-13,17-18H,6-9,14H2,1-5H3/t17-,18-/m0/s1. The molecule has 5 nitrogen and oxygen atoms in total. The molecule has 0 aromatic heterocycles. The van der Waals surface area contributed by atoms with E-state index in [2.05, 4.69) is 6.92 Å². The Bertz CT molecular complexity index is 682. The van der Waals surface area contributed by atoms with Crippen LogP contribution in [0.25, 0.3) is 0 Å². The van der Waals surface area contributed by atoms with Crippen LogP contribution in [0.3, 0.4) is 0 Å². The second-order valence-corrected chi connectivity index (χ2v) is 10.7. The van der Waals surface area contributed by atoms with E-state index >= 15 is 0 Å². The monoisotopic (exact) mass is 446 g/mol. The summed E-state index contributed by atoms with van der Waals surface area (Å²) in [5.41, 5.74) is 1.07. The summed E-state index contributed by atoms with van der Waals surface area (Å²) in [6.07, 6.45) is 0.720. The van der Waals surface area contributed by atoms with Crippen molar-refractivity contribution in [1.29, 1.82) is 0 Å². The van der Waals surface area contributed by atoms with Crippen molar-refractivity contribution in [2.24, 2.45) is 0 Å². The molecular weight excluding hydrogens is 415 g/mol. The van der Waals surface area contributed by atoms with Gasteiger partial charge < -0.3 is 18.5 Å². The Morgan fingerprint density at radius 1 is 1.07 bits per heavy atom.